The number of nitrogens with two attached hydrogens (primary N) is 1. The summed E-state index contributed by atoms with van der Waals surface area (Å²) in [7, 11) is -3.97. The molecule has 1 amide bonds. The molecule has 2 aromatic carbocycles. The number of amides is 1. The highest BCUT2D eigenvalue weighted by molar-refractivity contribution is 7.92. The third-order valence-electron chi connectivity index (χ3n) is 3.24. The van der Waals surface area contributed by atoms with Gasteiger partial charge in [0.15, 0.2) is 0 Å². The molecule has 0 aliphatic rings. The monoisotopic (exact) mass is 332 g/mol. The number of carbonyl (C=O) groups excluding carboxylic acids is 1. The highest BCUT2D eigenvalue weighted by Crippen LogP contribution is 2.25. The first-order valence-corrected chi connectivity index (χ1v) is 7.94. The van der Waals surface area contributed by atoms with E-state index in [0.717, 1.165) is 12.1 Å². The number of anilines is 1. The number of nitrogens with one attached hydrogen (secondary N) is 2. The Bertz CT molecular complexity index is 1010. The molecule has 0 saturated heterocycles. The number of para-hydroxylation sites is 1. The summed E-state index contributed by atoms with van der Waals surface area (Å²) in [5, 5.41) is 9.55. The van der Waals surface area contributed by atoms with E-state index in [1.54, 1.807) is 18.2 Å². The Kier molecular flexibility index (Phi) is 3.41. The second kappa shape index (κ2) is 5.29. The zero-order valence-corrected chi connectivity index (χ0v) is 12.5. The van der Waals surface area contributed by atoms with Crippen LogP contribution in [0.25, 0.3) is 11.0 Å². The zero-order chi connectivity index (χ0) is 16.6. The minimum atomic E-state index is -3.97. The van der Waals surface area contributed by atoms with Crippen molar-refractivity contribution >= 4 is 32.7 Å². The van der Waals surface area contributed by atoms with Gasteiger partial charge in [0.05, 0.1) is 33.5 Å². The van der Waals surface area contributed by atoms with E-state index >= 15 is 0 Å². The first-order chi connectivity index (χ1) is 10.9. The van der Waals surface area contributed by atoms with E-state index in [9.17, 15) is 18.3 Å². The minimum Gasteiger partial charge on any atom is -0.507 e. The molecule has 0 aliphatic heterocycles. The molecule has 5 N–H and O–H groups in total. The lowest BCUT2D eigenvalue weighted by atomic mass is 10.2. The summed E-state index contributed by atoms with van der Waals surface area (Å²) in [6.45, 7) is 0. The number of carbonyl (C=O) groups is 1. The molecule has 0 atom stereocenters. The Morgan fingerprint density at radius 1 is 1.26 bits per heavy atom. The van der Waals surface area contributed by atoms with Crippen molar-refractivity contribution in [3.63, 3.8) is 0 Å². The standard InChI is InChI=1S/C14H12N4O4S/c15-14(20)9-6-8(4-5-12(9)19)23(21,22)18-11-3-1-2-10-13(11)17-7-16-10/h1-7,18-19H,(H2,15,20)(H,16,17). The number of phenols is 1. The van der Waals surface area contributed by atoms with Crippen LogP contribution < -0.4 is 10.5 Å². The number of aromatic nitrogens is 2. The van der Waals surface area contributed by atoms with E-state index in [1.807, 2.05) is 0 Å². The maximum atomic E-state index is 12.5. The van der Waals surface area contributed by atoms with Crippen molar-refractivity contribution in [3.05, 3.63) is 48.3 Å². The summed E-state index contributed by atoms with van der Waals surface area (Å²) < 4.78 is 27.4. The van der Waals surface area contributed by atoms with Gasteiger partial charge in [0.25, 0.3) is 15.9 Å². The predicted octanol–water partition coefficient (Wildman–Crippen LogP) is 1.17. The molecule has 0 saturated carbocycles. The van der Waals surface area contributed by atoms with Crippen LogP contribution in [0.1, 0.15) is 10.4 Å². The Balaban J connectivity index is 2.04. The molecule has 1 heterocycles. The van der Waals surface area contributed by atoms with Crippen LogP contribution in [0.4, 0.5) is 5.69 Å². The molecule has 0 unspecified atom stereocenters. The van der Waals surface area contributed by atoms with Gasteiger partial charge in [-0.25, -0.2) is 13.4 Å². The lowest BCUT2D eigenvalue weighted by Gasteiger charge is -2.10. The molecule has 0 radical (unpaired) electrons. The van der Waals surface area contributed by atoms with Crippen molar-refractivity contribution in [2.75, 3.05) is 4.72 Å². The molecule has 3 rings (SSSR count). The quantitative estimate of drug-likeness (QED) is 0.568. The first-order valence-electron chi connectivity index (χ1n) is 6.46. The topological polar surface area (TPSA) is 138 Å². The average molecular weight is 332 g/mol. The summed E-state index contributed by atoms with van der Waals surface area (Å²) >= 11 is 0. The van der Waals surface area contributed by atoms with Crippen molar-refractivity contribution in [2.45, 2.75) is 4.90 Å². The predicted molar refractivity (Wildman–Crippen MR) is 83.5 cm³/mol. The zero-order valence-electron chi connectivity index (χ0n) is 11.6. The van der Waals surface area contributed by atoms with Crippen molar-refractivity contribution in [1.82, 2.24) is 9.97 Å². The normalized spacial score (nSPS) is 11.5. The first kappa shape index (κ1) is 14.9. The number of primary amides is 1. The number of H-pyrrole nitrogens is 1. The van der Waals surface area contributed by atoms with Gasteiger partial charge in [0, 0.05) is 0 Å². The van der Waals surface area contributed by atoms with E-state index in [4.69, 9.17) is 5.73 Å². The van der Waals surface area contributed by atoms with Gasteiger partial charge in [0.2, 0.25) is 0 Å². The van der Waals surface area contributed by atoms with Crippen LogP contribution in [0.3, 0.4) is 0 Å². The van der Waals surface area contributed by atoms with E-state index in [1.165, 1.54) is 12.4 Å². The van der Waals surface area contributed by atoms with Crippen molar-refractivity contribution in [2.24, 2.45) is 5.73 Å². The summed E-state index contributed by atoms with van der Waals surface area (Å²) in [5.41, 5.74) is 6.29. The molecule has 0 bridgehead atoms. The highest BCUT2D eigenvalue weighted by Gasteiger charge is 2.19. The van der Waals surface area contributed by atoms with Crippen LogP contribution in [0.5, 0.6) is 5.75 Å². The molecule has 0 aliphatic carbocycles. The second-order valence-corrected chi connectivity index (χ2v) is 6.43. The molecule has 8 nitrogen and oxygen atoms in total. The third-order valence-corrected chi connectivity index (χ3v) is 4.61. The van der Waals surface area contributed by atoms with Gasteiger partial charge >= 0.3 is 0 Å². The van der Waals surface area contributed by atoms with Crippen molar-refractivity contribution < 1.29 is 18.3 Å². The van der Waals surface area contributed by atoms with Gasteiger partial charge in [0.1, 0.15) is 5.75 Å². The molecule has 3 aromatic rings. The Morgan fingerprint density at radius 3 is 2.78 bits per heavy atom. The van der Waals surface area contributed by atoms with Crippen LogP contribution in [-0.2, 0) is 10.0 Å². The number of hydrogen-bond donors (Lipinski definition) is 4. The molecular weight excluding hydrogens is 320 g/mol. The van der Waals surface area contributed by atoms with Crippen molar-refractivity contribution in [3.8, 4) is 5.75 Å². The molecule has 0 fully saturated rings. The number of hydrogen-bond acceptors (Lipinski definition) is 5. The van der Waals surface area contributed by atoms with Crippen LogP contribution in [-0.4, -0.2) is 29.4 Å². The fourth-order valence-corrected chi connectivity index (χ4v) is 3.23. The molecule has 9 heteroatoms. The van der Waals surface area contributed by atoms with Crippen LogP contribution in [0.15, 0.2) is 47.6 Å². The smallest absolute Gasteiger partial charge is 0.261 e. The van der Waals surface area contributed by atoms with E-state index in [-0.39, 0.29) is 16.2 Å². The lowest BCUT2D eigenvalue weighted by molar-refractivity contribution is 0.0997. The number of aromatic hydroxyl groups is 1. The average Bonchev–Trinajstić information content (AvgIpc) is 2.96. The van der Waals surface area contributed by atoms with E-state index in [0.29, 0.717) is 16.7 Å². The molecule has 118 valence electrons. The molecule has 0 spiro atoms. The Hall–Kier alpha value is -3.07. The maximum Gasteiger partial charge on any atom is 0.261 e. The molecule has 1 aromatic heterocycles. The van der Waals surface area contributed by atoms with Gasteiger partial charge in [-0.1, -0.05) is 6.07 Å². The van der Waals surface area contributed by atoms with E-state index in [2.05, 4.69) is 14.7 Å². The number of aromatic amines is 1. The van der Waals surface area contributed by atoms with Crippen LogP contribution in [0.2, 0.25) is 0 Å². The van der Waals surface area contributed by atoms with E-state index < -0.39 is 15.9 Å². The van der Waals surface area contributed by atoms with Gasteiger partial charge in [-0.05, 0) is 30.3 Å². The largest absolute Gasteiger partial charge is 0.507 e. The summed E-state index contributed by atoms with van der Waals surface area (Å²) in [4.78, 5) is 17.9. The second-order valence-electron chi connectivity index (χ2n) is 4.75. The molecule has 23 heavy (non-hydrogen) atoms. The summed E-state index contributed by atoms with van der Waals surface area (Å²) in [5.74, 6) is -1.30. The SMILES string of the molecule is NC(=O)c1cc(S(=O)(=O)Nc2cccc3nc[nH]c23)ccc1O. The fraction of sp³-hybridized carbons (Fsp3) is 0. The summed E-state index contributed by atoms with van der Waals surface area (Å²) in [6.07, 6.45) is 1.45. The number of sulfonamides is 1. The fourth-order valence-electron chi connectivity index (χ4n) is 2.13. The Labute approximate surface area is 131 Å². The van der Waals surface area contributed by atoms with Gasteiger partial charge in [-0.15, -0.1) is 0 Å². The van der Waals surface area contributed by atoms with Gasteiger partial charge < -0.3 is 15.8 Å². The maximum absolute atomic E-state index is 12.5. The van der Waals surface area contributed by atoms with Gasteiger partial charge in [-0.2, -0.15) is 0 Å². The van der Waals surface area contributed by atoms with Crippen LogP contribution >= 0.6 is 0 Å². The van der Waals surface area contributed by atoms with Crippen molar-refractivity contribution in [1.29, 1.82) is 0 Å². The number of benzene rings is 2. The summed E-state index contributed by atoms with van der Waals surface area (Å²) in [6, 6.07) is 8.27. The number of fused-ring (bicyclic) bond motifs is 1. The highest BCUT2D eigenvalue weighted by atomic mass is 32.2. The lowest BCUT2D eigenvalue weighted by Crippen LogP contribution is -2.16. The number of imidazole rings is 1. The Morgan fingerprint density at radius 2 is 2.04 bits per heavy atom. The number of rotatable bonds is 4. The van der Waals surface area contributed by atoms with Crippen LogP contribution in [0, 0.1) is 0 Å². The molecular formula is C14H12N4O4S. The minimum absolute atomic E-state index is 0.194. The number of nitrogens with zero attached hydrogens (tertiary/aromatic N) is 1. The van der Waals surface area contributed by atoms with Gasteiger partial charge in [-0.3, -0.25) is 9.52 Å². The third kappa shape index (κ3) is 2.69.